The van der Waals surface area contributed by atoms with Gasteiger partial charge in [-0.2, -0.15) is 0 Å². The number of amides is 2. The van der Waals surface area contributed by atoms with Crippen LogP contribution < -0.4 is 10.0 Å². The first-order chi connectivity index (χ1) is 12.3. The standard InChI is InChI=1S/C16H22FN3O5S/c1-2-25-16(22)20-9-7-13(8-10-20)19-15(21)11-18-26(23,24)14-5-3-12(17)4-6-14/h3-6,13,18H,2,7-11H2,1H3,(H,19,21). The number of nitrogens with zero attached hydrogens (tertiary/aromatic N) is 1. The maximum absolute atomic E-state index is 12.9. The molecule has 26 heavy (non-hydrogen) atoms. The molecule has 1 saturated heterocycles. The summed E-state index contributed by atoms with van der Waals surface area (Å²) in [4.78, 5) is 25.0. The molecule has 0 radical (unpaired) electrons. The topological polar surface area (TPSA) is 105 Å². The van der Waals surface area contributed by atoms with Gasteiger partial charge in [-0.05, 0) is 44.0 Å². The highest BCUT2D eigenvalue weighted by atomic mass is 32.2. The maximum atomic E-state index is 12.9. The average Bonchev–Trinajstić information content (AvgIpc) is 2.61. The van der Waals surface area contributed by atoms with Gasteiger partial charge in [-0.25, -0.2) is 22.3 Å². The number of ether oxygens (including phenoxy) is 1. The highest BCUT2D eigenvalue weighted by molar-refractivity contribution is 7.89. The SMILES string of the molecule is CCOC(=O)N1CCC(NC(=O)CNS(=O)(=O)c2ccc(F)cc2)CC1. The summed E-state index contributed by atoms with van der Waals surface area (Å²) >= 11 is 0. The van der Waals surface area contributed by atoms with Crippen LogP contribution >= 0.6 is 0 Å². The highest BCUT2D eigenvalue weighted by Gasteiger charge is 2.25. The molecule has 0 aromatic heterocycles. The van der Waals surface area contributed by atoms with Crippen LogP contribution in [0.5, 0.6) is 0 Å². The Balaban J connectivity index is 1.77. The minimum absolute atomic E-state index is 0.116. The second-order valence-electron chi connectivity index (χ2n) is 5.81. The monoisotopic (exact) mass is 387 g/mol. The second-order valence-corrected chi connectivity index (χ2v) is 7.57. The third-order valence-electron chi connectivity index (χ3n) is 3.93. The number of halogens is 1. The molecule has 1 heterocycles. The van der Waals surface area contributed by atoms with Crippen molar-refractivity contribution in [2.24, 2.45) is 0 Å². The van der Waals surface area contributed by atoms with Crippen molar-refractivity contribution in [3.8, 4) is 0 Å². The number of benzene rings is 1. The maximum Gasteiger partial charge on any atom is 0.409 e. The minimum Gasteiger partial charge on any atom is -0.450 e. The molecule has 144 valence electrons. The van der Waals surface area contributed by atoms with Crippen LogP contribution in [0, 0.1) is 5.82 Å². The van der Waals surface area contributed by atoms with Crippen LogP contribution in [-0.2, 0) is 19.6 Å². The van der Waals surface area contributed by atoms with E-state index >= 15 is 0 Å². The van der Waals surface area contributed by atoms with Crippen LogP contribution in [0.4, 0.5) is 9.18 Å². The number of nitrogens with one attached hydrogen (secondary N) is 2. The molecule has 0 unspecified atom stereocenters. The molecule has 2 N–H and O–H groups in total. The third kappa shape index (κ3) is 5.67. The van der Waals surface area contributed by atoms with Crippen molar-refractivity contribution in [3.05, 3.63) is 30.1 Å². The Kier molecular flexibility index (Phi) is 6.92. The zero-order valence-electron chi connectivity index (χ0n) is 14.4. The van der Waals surface area contributed by atoms with Gasteiger partial charge in [0.25, 0.3) is 0 Å². The molecule has 0 bridgehead atoms. The van der Waals surface area contributed by atoms with E-state index in [0.717, 1.165) is 24.3 Å². The first-order valence-corrected chi connectivity index (χ1v) is 9.76. The van der Waals surface area contributed by atoms with Gasteiger partial charge in [-0.3, -0.25) is 4.79 Å². The van der Waals surface area contributed by atoms with Crippen molar-refractivity contribution in [2.45, 2.75) is 30.7 Å². The number of carbonyl (C=O) groups is 2. The Labute approximate surface area is 151 Å². The van der Waals surface area contributed by atoms with Gasteiger partial charge in [-0.15, -0.1) is 0 Å². The van der Waals surface area contributed by atoms with E-state index in [4.69, 9.17) is 4.74 Å². The Morgan fingerprint density at radius 3 is 2.42 bits per heavy atom. The van der Waals surface area contributed by atoms with Gasteiger partial charge in [0.1, 0.15) is 5.82 Å². The van der Waals surface area contributed by atoms with Crippen LogP contribution in [0.15, 0.2) is 29.2 Å². The molecule has 1 fully saturated rings. The molecule has 1 aliphatic heterocycles. The number of carbonyl (C=O) groups excluding carboxylic acids is 2. The summed E-state index contributed by atoms with van der Waals surface area (Å²) in [6.07, 6.45) is 0.759. The van der Waals surface area contributed by atoms with Gasteiger partial charge < -0.3 is 15.0 Å². The third-order valence-corrected chi connectivity index (χ3v) is 5.35. The van der Waals surface area contributed by atoms with Gasteiger partial charge in [0, 0.05) is 19.1 Å². The number of sulfonamides is 1. The summed E-state index contributed by atoms with van der Waals surface area (Å²) in [5.41, 5.74) is 0. The van der Waals surface area contributed by atoms with Gasteiger partial charge in [0.2, 0.25) is 15.9 Å². The van der Waals surface area contributed by atoms with E-state index in [1.807, 2.05) is 0 Å². The van der Waals surface area contributed by atoms with Crippen molar-refractivity contribution >= 4 is 22.0 Å². The summed E-state index contributed by atoms with van der Waals surface area (Å²) in [7, 11) is -3.89. The lowest BCUT2D eigenvalue weighted by molar-refractivity contribution is -0.120. The Bertz CT molecular complexity index is 731. The molecule has 1 aromatic rings. The molecular weight excluding hydrogens is 365 g/mol. The molecule has 8 nitrogen and oxygen atoms in total. The molecular formula is C16H22FN3O5S. The van der Waals surface area contributed by atoms with Crippen LogP contribution in [0.1, 0.15) is 19.8 Å². The molecule has 2 rings (SSSR count). The fraction of sp³-hybridized carbons (Fsp3) is 0.500. The number of likely N-dealkylation sites (tertiary alicyclic amines) is 1. The normalized spacial score (nSPS) is 15.5. The van der Waals surface area contributed by atoms with Crippen molar-refractivity contribution < 1.29 is 27.1 Å². The van der Waals surface area contributed by atoms with Crippen LogP contribution in [-0.4, -0.2) is 57.6 Å². The molecule has 1 aromatic carbocycles. The van der Waals surface area contributed by atoms with Crippen molar-refractivity contribution in [1.29, 1.82) is 0 Å². The fourth-order valence-electron chi connectivity index (χ4n) is 2.56. The lowest BCUT2D eigenvalue weighted by atomic mass is 10.1. The summed E-state index contributed by atoms with van der Waals surface area (Å²) in [5.74, 6) is -1.01. The fourth-order valence-corrected chi connectivity index (χ4v) is 3.54. The Morgan fingerprint density at radius 2 is 1.85 bits per heavy atom. The minimum atomic E-state index is -3.89. The van der Waals surface area contributed by atoms with E-state index < -0.39 is 28.3 Å². The van der Waals surface area contributed by atoms with Crippen LogP contribution in [0.2, 0.25) is 0 Å². The van der Waals surface area contributed by atoms with Gasteiger partial charge in [0.05, 0.1) is 18.0 Å². The first-order valence-electron chi connectivity index (χ1n) is 8.28. The van der Waals surface area contributed by atoms with E-state index in [1.54, 1.807) is 11.8 Å². The summed E-state index contributed by atoms with van der Waals surface area (Å²) < 4.78 is 44.1. The van der Waals surface area contributed by atoms with Gasteiger partial charge in [-0.1, -0.05) is 0 Å². The first kappa shape index (κ1) is 20.1. The summed E-state index contributed by atoms with van der Waals surface area (Å²) in [5, 5.41) is 2.74. The number of hydrogen-bond acceptors (Lipinski definition) is 5. The van der Waals surface area contributed by atoms with Crippen LogP contribution in [0.3, 0.4) is 0 Å². The van der Waals surface area contributed by atoms with Crippen molar-refractivity contribution in [1.82, 2.24) is 14.9 Å². The molecule has 1 aliphatic rings. The second kappa shape index (κ2) is 8.95. The summed E-state index contributed by atoms with van der Waals surface area (Å²) in [6.45, 7) is 2.55. The van der Waals surface area contributed by atoms with Crippen molar-refractivity contribution in [2.75, 3.05) is 26.2 Å². The predicted molar refractivity (Wildman–Crippen MR) is 91.3 cm³/mol. The number of rotatable bonds is 6. The van der Waals surface area contributed by atoms with E-state index in [0.29, 0.717) is 32.5 Å². The summed E-state index contributed by atoms with van der Waals surface area (Å²) in [6, 6.07) is 4.18. The highest BCUT2D eigenvalue weighted by Crippen LogP contribution is 2.12. The van der Waals surface area contributed by atoms with Gasteiger partial charge >= 0.3 is 6.09 Å². The molecule has 10 heteroatoms. The predicted octanol–water partition coefficient (Wildman–Crippen LogP) is 0.841. The molecule has 0 spiro atoms. The number of hydrogen-bond donors (Lipinski definition) is 2. The van der Waals surface area contributed by atoms with Crippen molar-refractivity contribution in [3.63, 3.8) is 0 Å². The van der Waals surface area contributed by atoms with E-state index in [-0.39, 0.29) is 17.0 Å². The van der Waals surface area contributed by atoms with Gasteiger partial charge in [0.15, 0.2) is 0 Å². The lowest BCUT2D eigenvalue weighted by Crippen LogP contribution is -2.48. The van der Waals surface area contributed by atoms with E-state index in [1.165, 1.54) is 0 Å². The zero-order chi connectivity index (χ0) is 19.2. The Morgan fingerprint density at radius 1 is 1.23 bits per heavy atom. The number of piperidine rings is 1. The quantitative estimate of drug-likeness (QED) is 0.753. The molecule has 0 aliphatic carbocycles. The van der Waals surface area contributed by atoms with E-state index in [9.17, 15) is 22.4 Å². The zero-order valence-corrected chi connectivity index (χ0v) is 15.2. The largest absolute Gasteiger partial charge is 0.450 e. The Hall–Kier alpha value is -2.20. The molecule has 0 saturated carbocycles. The average molecular weight is 387 g/mol. The molecule has 2 amide bonds. The smallest absolute Gasteiger partial charge is 0.409 e. The van der Waals surface area contributed by atoms with E-state index in [2.05, 4.69) is 10.0 Å². The van der Waals surface area contributed by atoms with Crippen LogP contribution in [0.25, 0.3) is 0 Å². The molecule has 0 atom stereocenters. The lowest BCUT2D eigenvalue weighted by Gasteiger charge is -2.31.